The van der Waals surface area contributed by atoms with Crippen LogP contribution in [-0.4, -0.2) is 11.6 Å². The van der Waals surface area contributed by atoms with Gasteiger partial charge in [-0.1, -0.05) is 29.8 Å². The van der Waals surface area contributed by atoms with Crippen LogP contribution in [0.5, 0.6) is 0 Å². The fourth-order valence-electron chi connectivity index (χ4n) is 1.48. The van der Waals surface area contributed by atoms with E-state index in [1.54, 1.807) is 0 Å². The van der Waals surface area contributed by atoms with Gasteiger partial charge in [-0.3, -0.25) is 0 Å². The third-order valence-corrected chi connectivity index (χ3v) is 2.55. The van der Waals surface area contributed by atoms with Crippen molar-refractivity contribution in [2.75, 3.05) is 0 Å². The van der Waals surface area contributed by atoms with E-state index < -0.39 is 0 Å². The van der Waals surface area contributed by atoms with Gasteiger partial charge in [0, 0.05) is 10.6 Å². The molecule has 0 bridgehead atoms. The van der Waals surface area contributed by atoms with Crippen LogP contribution in [0, 0.1) is 0 Å². The fourth-order valence-corrected chi connectivity index (χ4v) is 1.78. The molecule has 0 fully saturated rings. The van der Waals surface area contributed by atoms with Crippen LogP contribution >= 0.6 is 11.6 Å². The molecule has 1 aromatic rings. The van der Waals surface area contributed by atoms with Gasteiger partial charge < -0.3 is 10.6 Å². The van der Waals surface area contributed by atoms with Crippen molar-refractivity contribution in [3.05, 3.63) is 34.9 Å². The van der Waals surface area contributed by atoms with Crippen molar-refractivity contribution in [1.29, 1.82) is 0 Å². The molecule has 1 rings (SSSR count). The number of carbonyl (C=O) groups is 1. The van der Waals surface area contributed by atoms with Crippen LogP contribution in [0.4, 0.5) is 4.79 Å². The largest absolute Gasteiger partial charge is 0.334 e. The highest BCUT2D eigenvalue weighted by Gasteiger charge is 2.16. The van der Waals surface area contributed by atoms with E-state index in [2.05, 4.69) is 10.6 Å². The monoisotopic (exact) mass is 254 g/mol. The number of nitrogens with one attached hydrogen (secondary N) is 2. The summed E-state index contributed by atoms with van der Waals surface area (Å²) in [5, 5.41) is 6.37. The van der Waals surface area contributed by atoms with Crippen LogP contribution in [0.15, 0.2) is 24.3 Å². The van der Waals surface area contributed by atoms with Gasteiger partial charge in [-0.2, -0.15) is 0 Å². The molecule has 1 aromatic carbocycles. The average Bonchev–Trinajstić information content (AvgIpc) is 2.14. The van der Waals surface area contributed by atoms with Gasteiger partial charge in [-0.15, -0.1) is 0 Å². The normalized spacial score (nSPS) is 13.0. The minimum Gasteiger partial charge on any atom is -0.334 e. The lowest BCUT2D eigenvalue weighted by Crippen LogP contribution is -2.47. The van der Waals surface area contributed by atoms with Gasteiger partial charge in [0.2, 0.25) is 0 Å². The highest BCUT2D eigenvalue weighted by Crippen LogP contribution is 2.21. The van der Waals surface area contributed by atoms with Crippen LogP contribution in [-0.2, 0) is 0 Å². The van der Waals surface area contributed by atoms with Crippen LogP contribution in [0.25, 0.3) is 0 Å². The average molecular weight is 255 g/mol. The molecule has 0 saturated carbocycles. The SMILES string of the molecule is CC(NC(=O)NC(C)(C)C)c1ccccc1Cl. The van der Waals surface area contributed by atoms with E-state index in [1.807, 2.05) is 52.0 Å². The van der Waals surface area contributed by atoms with Gasteiger partial charge in [-0.05, 0) is 39.3 Å². The number of rotatable bonds is 2. The molecule has 0 radical (unpaired) electrons. The number of carbonyl (C=O) groups excluding carboxylic acids is 1. The van der Waals surface area contributed by atoms with Crippen LogP contribution in [0.3, 0.4) is 0 Å². The highest BCUT2D eigenvalue weighted by molar-refractivity contribution is 6.31. The molecule has 17 heavy (non-hydrogen) atoms. The summed E-state index contributed by atoms with van der Waals surface area (Å²) in [5.74, 6) is 0. The minimum absolute atomic E-state index is 0.119. The van der Waals surface area contributed by atoms with E-state index in [1.165, 1.54) is 0 Å². The first kappa shape index (κ1) is 13.8. The number of urea groups is 1. The van der Waals surface area contributed by atoms with Crippen molar-refractivity contribution in [2.24, 2.45) is 0 Å². The lowest BCUT2D eigenvalue weighted by molar-refractivity contribution is 0.229. The quantitative estimate of drug-likeness (QED) is 0.833. The number of hydrogen-bond acceptors (Lipinski definition) is 1. The predicted octanol–water partition coefficient (Wildman–Crippen LogP) is 3.50. The lowest BCUT2D eigenvalue weighted by Gasteiger charge is -2.23. The van der Waals surface area contributed by atoms with Crippen molar-refractivity contribution >= 4 is 17.6 Å². The molecule has 1 atom stereocenters. The molecule has 2 N–H and O–H groups in total. The van der Waals surface area contributed by atoms with Crippen molar-refractivity contribution < 1.29 is 4.79 Å². The van der Waals surface area contributed by atoms with E-state index >= 15 is 0 Å². The smallest absolute Gasteiger partial charge is 0.315 e. The molecule has 2 amide bonds. The Labute approximate surface area is 108 Å². The molecule has 94 valence electrons. The fraction of sp³-hybridized carbons (Fsp3) is 0.462. The summed E-state index contributed by atoms with van der Waals surface area (Å²) >= 11 is 6.06. The summed E-state index contributed by atoms with van der Waals surface area (Å²) < 4.78 is 0. The van der Waals surface area contributed by atoms with Crippen LogP contribution < -0.4 is 10.6 Å². The van der Waals surface area contributed by atoms with Crippen LogP contribution in [0.1, 0.15) is 39.3 Å². The Morgan fingerprint density at radius 3 is 2.41 bits per heavy atom. The lowest BCUT2D eigenvalue weighted by atomic mass is 10.1. The molecule has 0 aliphatic heterocycles. The van der Waals surface area contributed by atoms with Crippen molar-refractivity contribution in [2.45, 2.75) is 39.3 Å². The second kappa shape index (κ2) is 5.41. The Balaban J connectivity index is 2.64. The van der Waals surface area contributed by atoms with Gasteiger partial charge in [0.05, 0.1) is 6.04 Å². The zero-order valence-electron chi connectivity index (χ0n) is 10.7. The predicted molar refractivity (Wildman–Crippen MR) is 71.3 cm³/mol. The van der Waals surface area contributed by atoms with E-state index in [0.717, 1.165) is 5.56 Å². The number of halogens is 1. The maximum atomic E-state index is 11.7. The highest BCUT2D eigenvalue weighted by atomic mass is 35.5. The maximum absolute atomic E-state index is 11.7. The van der Waals surface area contributed by atoms with Crippen LogP contribution in [0.2, 0.25) is 5.02 Å². The summed E-state index contributed by atoms with van der Waals surface area (Å²) in [6.07, 6.45) is 0. The van der Waals surface area contributed by atoms with E-state index in [-0.39, 0.29) is 17.6 Å². The summed E-state index contributed by atoms with van der Waals surface area (Å²) in [5.41, 5.74) is 0.669. The topological polar surface area (TPSA) is 41.1 Å². The van der Waals surface area contributed by atoms with Crippen molar-refractivity contribution in [1.82, 2.24) is 10.6 Å². The summed E-state index contributed by atoms with van der Waals surface area (Å²) in [6.45, 7) is 7.72. The molecule has 1 unspecified atom stereocenters. The molecule has 0 aromatic heterocycles. The summed E-state index contributed by atoms with van der Waals surface area (Å²) in [4.78, 5) is 11.7. The van der Waals surface area contributed by atoms with Gasteiger partial charge in [-0.25, -0.2) is 4.79 Å². The second-order valence-electron chi connectivity index (χ2n) is 5.09. The Hall–Kier alpha value is -1.22. The number of benzene rings is 1. The van der Waals surface area contributed by atoms with Gasteiger partial charge in [0.25, 0.3) is 0 Å². The molecule has 4 heteroatoms. The first-order chi connectivity index (χ1) is 7.79. The standard InChI is InChI=1S/C13H19ClN2O/c1-9(10-7-5-6-8-11(10)14)15-12(17)16-13(2,3)4/h5-9H,1-4H3,(H2,15,16,17). The first-order valence-corrected chi connectivity index (χ1v) is 6.00. The molecule has 0 aliphatic rings. The maximum Gasteiger partial charge on any atom is 0.315 e. The molecule has 0 aliphatic carbocycles. The third-order valence-electron chi connectivity index (χ3n) is 2.21. The number of hydrogen-bond donors (Lipinski definition) is 2. The van der Waals surface area contributed by atoms with Gasteiger partial charge >= 0.3 is 6.03 Å². The van der Waals surface area contributed by atoms with Crippen molar-refractivity contribution in [3.8, 4) is 0 Å². The Morgan fingerprint density at radius 1 is 1.29 bits per heavy atom. The Morgan fingerprint density at radius 2 is 1.88 bits per heavy atom. The minimum atomic E-state index is -0.246. The van der Waals surface area contributed by atoms with Gasteiger partial charge in [0.15, 0.2) is 0 Å². The Bertz CT molecular complexity index is 399. The van der Waals surface area contributed by atoms with Crippen molar-refractivity contribution in [3.63, 3.8) is 0 Å². The van der Waals surface area contributed by atoms with Gasteiger partial charge in [0.1, 0.15) is 0 Å². The molecular formula is C13H19ClN2O. The number of amides is 2. The van der Waals surface area contributed by atoms with E-state index in [9.17, 15) is 4.79 Å². The molecule has 3 nitrogen and oxygen atoms in total. The summed E-state index contributed by atoms with van der Waals surface area (Å²) in [7, 11) is 0. The van der Waals surface area contributed by atoms with E-state index in [4.69, 9.17) is 11.6 Å². The third kappa shape index (κ3) is 4.65. The second-order valence-corrected chi connectivity index (χ2v) is 5.50. The summed E-state index contributed by atoms with van der Waals surface area (Å²) in [6, 6.07) is 7.19. The molecule has 0 saturated heterocycles. The molecule has 0 heterocycles. The zero-order chi connectivity index (χ0) is 13.1. The molecular weight excluding hydrogens is 236 g/mol. The Kier molecular flexibility index (Phi) is 4.40. The first-order valence-electron chi connectivity index (χ1n) is 5.63. The zero-order valence-corrected chi connectivity index (χ0v) is 11.4. The van der Waals surface area contributed by atoms with E-state index in [0.29, 0.717) is 5.02 Å². The molecule has 0 spiro atoms.